The number of Topliss-reactive ketones (excluding diaryl/α,β-unsaturated/α-hetero) is 1. The normalized spacial score (nSPS) is 26.2. The van der Waals surface area contributed by atoms with Gasteiger partial charge in [0.1, 0.15) is 0 Å². The average Bonchev–Trinajstić information content (AvgIpc) is 3.24. The van der Waals surface area contributed by atoms with Crippen LogP contribution in [-0.2, 0) is 23.9 Å². The number of hydrogen-bond acceptors (Lipinski definition) is 5. The molecule has 164 valence electrons. The molecule has 1 fully saturated rings. The summed E-state index contributed by atoms with van der Waals surface area (Å²) < 4.78 is 10.5. The first-order chi connectivity index (χ1) is 15.5. The molecule has 0 aliphatic heterocycles. The molecule has 4 rings (SSSR count). The first-order valence-corrected chi connectivity index (χ1v) is 10.7. The van der Waals surface area contributed by atoms with E-state index in [2.05, 4.69) is 6.58 Å². The number of rotatable bonds is 7. The highest BCUT2D eigenvalue weighted by atomic mass is 16.5. The highest BCUT2D eigenvalue weighted by Gasteiger charge is 2.77. The van der Waals surface area contributed by atoms with Crippen LogP contribution in [0.5, 0.6) is 0 Å². The van der Waals surface area contributed by atoms with Gasteiger partial charge in [0.2, 0.25) is 0 Å². The zero-order valence-corrected chi connectivity index (χ0v) is 18.3. The third-order valence-corrected chi connectivity index (χ3v) is 6.87. The topological polar surface area (TPSA) is 69.7 Å². The molecule has 3 unspecified atom stereocenters. The Morgan fingerprint density at radius 2 is 1.47 bits per heavy atom. The highest BCUT2D eigenvalue weighted by molar-refractivity contribution is 6.37. The van der Waals surface area contributed by atoms with Gasteiger partial charge in [-0.3, -0.25) is 14.4 Å². The van der Waals surface area contributed by atoms with Crippen LogP contribution in [0.2, 0.25) is 0 Å². The molecule has 5 nitrogen and oxygen atoms in total. The van der Waals surface area contributed by atoms with Crippen molar-refractivity contribution in [2.75, 3.05) is 14.2 Å². The minimum Gasteiger partial charge on any atom is -0.468 e. The van der Waals surface area contributed by atoms with Crippen molar-refractivity contribution in [3.8, 4) is 0 Å². The Labute approximate surface area is 187 Å². The molecule has 0 heterocycles. The summed E-state index contributed by atoms with van der Waals surface area (Å²) in [6, 6.07) is 18.6. The lowest BCUT2D eigenvalue weighted by Crippen LogP contribution is -2.43. The van der Waals surface area contributed by atoms with Gasteiger partial charge in [-0.1, -0.05) is 66.7 Å². The van der Waals surface area contributed by atoms with E-state index in [1.165, 1.54) is 14.2 Å². The zero-order valence-electron chi connectivity index (χ0n) is 18.3. The van der Waals surface area contributed by atoms with E-state index in [1.807, 2.05) is 60.7 Å². The SMILES string of the molecule is C=CCCC1CC2(C(=O)OC)C(=O)C1(C(=O)OC)C(c1ccccc1)=C2c1ccccc1. The first-order valence-electron chi connectivity index (χ1n) is 10.7. The van der Waals surface area contributed by atoms with E-state index in [0.29, 0.717) is 24.0 Å². The van der Waals surface area contributed by atoms with E-state index in [9.17, 15) is 14.4 Å². The Bertz CT molecular complexity index is 1100. The Kier molecular flexibility index (Phi) is 5.59. The molecule has 5 heteroatoms. The molecule has 1 saturated carbocycles. The monoisotopic (exact) mass is 430 g/mol. The van der Waals surface area contributed by atoms with Crippen LogP contribution in [0.4, 0.5) is 0 Å². The second-order valence-corrected chi connectivity index (χ2v) is 8.27. The van der Waals surface area contributed by atoms with Crippen LogP contribution in [0, 0.1) is 16.7 Å². The van der Waals surface area contributed by atoms with Gasteiger partial charge in [0.05, 0.1) is 14.2 Å². The Morgan fingerprint density at radius 3 is 1.97 bits per heavy atom. The van der Waals surface area contributed by atoms with Gasteiger partial charge in [0.25, 0.3) is 0 Å². The summed E-state index contributed by atoms with van der Waals surface area (Å²) in [4.78, 5) is 41.2. The number of hydrogen-bond donors (Lipinski definition) is 0. The molecular weight excluding hydrogens is 404 g/mol. The summed E-state index contributed by atoms with van der Waals surface area (Å²) in [5.41, 5.74) is -0.620. The Balaban J connectivity index is 2.16. The van der Waals surface area contributed by atoms with Crippen LogP contribution >= 0.6 is 0 Å². The standard InChI is InChI=1S/C27H26O5/c1-4-5-16-20-17-26(24(29)31-2)21(18-12-8-6-9-13-18)22(19-14-10-7-11-15-19)27(20,23(26)28)25(30)32-3/h4,6-15,20H,1,5,16-17H2,2-3H3. The lowest BCUT2D eigenvalue weighted by molar-refractivity contribution is -0.157. The van der Waals surface area contributed by atoms with Crippen molar-refractivity contribution in [2.24, 2.45) is 16.7 Å². The number of allylic oxidation sites excluding steroid dienone is 1. The van der Waals surface area contributed by atoms with Gasteiger partial charge in [0, 0.05) is 0 Å². The summed E-state index contributed by atoms with van der Waals surface area (Å²) in [5, 5.41) is 0. The summed E-state index contributed by atoms with van der Waals surface area (Å²) in [5.74, 6) is -2.13. The smallest absolute Gasteiger partial charge is 0.324 e. The summed E-state index contributed by atoms with van der Waals surface area (Å²) >= 11 is 0. The largest absolute Gasteiger partial charge is 0.468 e. The maximum Gasteiger partial charge on any atom is 0.324 e. The van der Waals surface area contributed by atoms with Crippen LogP contribution < -0.4 is 0 Å². The van der Waals surface area contributed by atoms with Crippen molar-refractivity contribution in [3.63, 3.8) is 0 Å². The molecular formula is C27H26O5. The molecule has 2 bridgehead atoms. The van der Waals surface area contributed by atoms with E-state index in [0.717, 1.165) is 11.1 Å². The molecule has 2 aliphatic rings. The summed E-state index contributed by atoms with van der Waals surface area (Å²) in [6.07, 6.45) is 3.09. The van der Waals surface area contributed by atoms with Gasteiger partial charge in [0.15, 0.2) is 16.6 Å². The van der Waals surface area contributed by atoms with Crippen LogP contribution in [0.25, 0.3) is 11.1 Å². The minimum atomic E-state index is -1.58. The molecule has 0 saturated heterocycles. The van der Waals surface area contributed by atoms with Gasteiger partial charge < -0.3 is 9.47 Å². The molecule has 0 aromatic heterocycles. The second-order valence-electron chi connectivity index (χ2n) is 8.27. The van der Waals surface area contributed by atoms with Gasteiger partial charge in [-0.25, -0.2) is 0 Å². The molecule has 2 aliphatic carbocycles. The van der Waals surface area contributed by atoms with Gasteiger partial charge in [-0.05, 0) is 47.5 Å². The summed E-state index contributed by atoms with van der Waals surface area (Å²) in [7, 11) is 2.57. The van der Waals surface area contributed by atoms with E-state index in [1.54, 1.807) is 6.08 Å². The fourth-order valence-corrected chi connectivity index (χ4v) is 5.67. The quantitative estimate of drug-likeness (QED) is 0.368. The predicted octanol–water partition coefficient (Wildman–Crippen LogP) is 4.49. The van der Waals surface area contributed by atoms with E-state index in [4.69, 9.17) is 9.47 Å². The molecule has 0 amide bonds. The first kappa shape index (κ1) is 21.8. The fourth-order valence-electron chi connectivity index (χ4n) is 5.67. The number of benzene rings is 2. The molecule has 2 aromatic carbocycles. The zero-order chi connectivity index (χ0) is 22.9. The predicted molar refractivity (Wildman–Crippen MR) is 121 cm³/mol. The third kappa shape index (κ3) is 2.73. The molecule has 0 radical (unpaired) electrons. The van der Waals surface area contributed by atoms with E-state index in [-0.39, 0.29) is 6.42 Å². The molecule has 3 atom stereocenters. The molecule has 0 spiro atoms. The molecule has 2 aromatic rings. The minimum absolute atomic E-state index is 0.196. The van der Waals surface area contributed by atoms with Crippen molar-refractivity contribution in [1.82, 2.24) is 0 Å². The van der Waals surface area contributed by atoms with Crippen molar-refractivity contribution < 1.29 is 23.9 Å². The van der Waals surface area contributed by atoms with Crippen LogP contribution in [0.1, 0.15) is 30.4 Å². The average molecular weight is 431 g/mol. The van der Waals surface area contributed by atoms with Gasteiger partial charge in [-0.2, -0.15) is 0 Å². The Morgan fingerprint density at radius 1 is 0.938 bits per heavy atom. The second kappa shape index (κ2) is 8.23. The maximum atomic E-state index is 14.3. The fraction of sp³-hybridized carbons (Fsp3) is 0.296. The highest BCUT2D eigenvalue weighted by Crippen LogP contribution is 2.71. The number of fused-ring (bicyclic) bond motifs is 2. The van der Waals surface area contributed by atoms with Crippen molar-refractivity contribution in [1.29, 1.82) is 0 Å². The van der Waals surface area contributed by atoms with Crippen molar-refractivity contribution >= 4 is 28.9 Å². The number of carbonyl (C=O) groups excluding carboxylic acids is 3. The lowest BCUT2D eigenvalue weighted by atomic mass is 9.65. The summed E-state index contributed by atoms with van der Waals surface area (Å²) in [6.45, 7) is 3.79. The number of carbonyl (C=O) groups is 3. The van der Waals surface area contributed by atoms with Crippen LogP contribution in [0.15, 0.2) is 73.3 Å². The van der Waals surface area contributed by atoms with Gasteiger partial charge in [-0.15, -0.1) is 6.58 Å². The lowest BCUT2D eigenvalue weighted by Gasteiger charge is -2.36. The van der Waals surface area contributed by atoms with Crippen molar-refractivity contribution in [3.05, 3.63) is 84.4 Å². The van der Waals surface area contributed by atoms with E-state index >= 15 is 0 Å². The van der Waals surface area contributed by atoms with E-state index < -0.39 is 34.5 Å². The molecule has 0 N–H and O–H groups in total. The number of esters is 2. The van der Waals surface area contributed by atoms with Crippen molar-refractivity contribution in [2.45, 2.75) is 19.3 Å². The molecule has 32 heavy (non-hydrogen) atoms. The number of ketones is 1. The van der Waals surface area contributed by atoms with Crippen LogP contribution in [0.3, 0.4) is 0 Å². The maximum absolute atomic E-state index is 14.3. The Hall–Kier alpha value is -3.47. The third-order valence-electron chi connectivity index (χ3n) is 6.87. The van der Waals surface area contributed by atoms with Gasteiger partial charge >= 0.3 is 11.9 Å². The number of methoxy groups -OCH3 is 2. The number of ether oxygens (including phenoxy) is 2. The van der Waals surface area contributed by atoms with Crippen LogP contribution in [-0.4, -0.2) is 31.9 Å².